The van der Waals surface area contributed by atoms with Gasteiger partial charge in [-0.2, -0.15) is 26.3 Å². The fourth-order valence-electron chi connectivity index (χ4n) is 2.99. The van der Waals surface area contributed by atoms with E-state index in [-0.39, 0.29) is 22.8 Å². The molecule has 1 aliphatic heterocycles. The predicted octanol–water partition coefficient (Wildman–Crippen LogP) is 3.79. The molecule has 0 spiro atoms. The number of esters is 1. The first-order valence-corrected chi connectivity index (χ1v) is 9.41. The summed E-state index contributed by atoms with van der Waals surface area (Å²) in [4.78, 5) is 23.8. The molecule has 2 aromatic carbocycles. The molecule has 1 aliphatic rings. The molecule has 3 rings (SSSR count). The summed E-state index contributed by atoms with van der Waals surface area (Å²) in [6.07, 6.45) is -10.5. The van der Waals surface area contributed by atoms with E-state index in [1.807, 2.05) is 0 Å². The molecular formula is C20H14F6N2O3S. The number of carbonyl (C=O) groups excluding carboxylic acids is 2. The zero-order valence-corrected chi connectivity index (χ0v) is 16.8. The van der Waals surface area contributed by atoms with Gasteiger partial charge in [0.1, 0.15) is 11.8 Å². The van der Waals surface area contributed by atoms with Gasteiger partial charge in [0.2, 0.25) is 5.91 Å². The Morgan fingerprint density at radius 1 is 0.938 bits per heavy atom. The number of hydrogen-bond donors (Lipinski definition) is 2. The summed E-state index contributed by atoms with van der Waals surface area (Å²) in [5, 5.41) is 5.44. The van der Waals surface area contributed by atoms with Gasteiger partial charge in [-0.05, 0) is 53.7 Å². The molecular weight excluding hydrogens is 462 g/mol. The summed E-state index contributed by atoms with van der Waals surface area (Å²) >= 11 is 4.84. The van der Waals surface area contributed by atoms with Crippen LogP contribution in [0.5, 0.6) is 5.75 Å². The molecule has 5 nitrogen and oxygen atoms in total. The van der Waals surface area contributed by atoms with Crippen LogP contribution in [0.25, 0.3) is 0 Å². The first kappa shape index (κ1) is 23.5. The summed E-state index contributed by atoms with van der Waals surface area (Å²) in [6.45, 7) is 0. The molecule has 2 N–H and O–H groups in total. The lowest BCUT2D eigenvalue weighted by molar-refractivity contribution is -0.143. The maximum absolute atomic E-state index is 12.9. The Labute approximate surface area is 182 Å². The number of benzene rings is 2. The van der Waals surface area contributed by atoms with Gasteiger partial charge in [-0.3, -0.25) is 9.59 Å². The standard InChI is InChI=1S/C20H14F6N2O3S/c21-19(22,23)12-5-11(6-13(9-12)20(24,25)26)8-16(29)31-14-3-1-10(2-4-14)7-15-17(30)28-18(32)27-15/h1-6,9,15H,7-8H2,(H2,27,28,30,32). The molecule has 1 heterocycles. The number of rotatable bonds is 5. The minimum atomic E-state index is -5.01. The van der Waals surface area contributed by atoms with Crippen molar-refractivity contribution in [3.05, 3.63) is 64.7 Å². The van der Waals surface area contributed by atoms with E-state index in [2.05, 4.69) is 10.6 Å². The summed E-state index contributed by atoms with van der Waals surface area (Å²) in [5.41, 5.74) is -2.80. The van der Waals surface area contributed by atoms with E-state index in [0.29, 0.717) is 24.1 Å². The van der Waals surface area contributed by atoms with Crippen LogP contribution in [0.3, 0.4) is 0 Å². The average Bonchev–Trinajstić information content (AvgIpc) is 2.98. The van der Waals surface area contributed by atoms with Gasteiger partial charge in [0, 0.05) is 6.42 Å². The van der Waals surface area contributed by atoms with Crippen molar-refractivity contribution in [2.24, 2.45) is 0 Å². The Morgan fingerprint density at radius 2 is 1.50 bits per heavy atom. The SMILES string of the molecule is O=C(Cc1cc(C(F)(F)F)cc(C(F)(F)F)c1)Oc1ccc(CC2NC(=S)NC2=O)cc1. The van der Waals surface area contributed by atoms with Crippen LogP contribution in [-0.2, 0) is 34.8 Å². The van der Waals surface area contributed by atoms with E-state index in [1.54, 1.807) is 12.1 Å². The van der Waals surface area contributed by atoms with E-state index in [1.165, 1.54) is 12.1 Å². The molecule has 1 saturated heterocycles. The Morgan fingerprint density at radius 3 is 1.97 bits per heavy atom. The summed E-state index contributed by atoms with van der Waals surface area (Å²) in [5.74, 6) is -1.28. The zero-order valence-electron chi connectivity index (χ0n) is 15.9. The Kier molecular flexibility index (Phi) is 6.44. The highest BCUT2D eigenvalue weighted by Gasteiger charge is 2.37. The number of thiocarbonyl (C=S) groups is 1. The van der Waals surface area contributed by atoms with Crippen molar-refractivity contribution < 1.29 is 40.7 Å². The molecule has 0 aliphatic carbocycles. The fourth-order valence-corrected chi connectivity index (χ4v) is 3.23. The van der Waals surface area contributed by atoms with Gasteiger partial charge in [0.15, 0.2) is 5.11 Å². The van der Waals surface area contributed by atoms with E-state index < -0.39 is 47.5 Å². The number of alkyl halides is 6. The van der Waals surface area contributed by atoms with Crippen LogP contribution in [0.15, 0.2) is 42.5 Å². The Bertz CT molecular complexity index is 1020. The second-order valence-corrected chi connectivity index (χ2v) is 7.34. The summed E-state index contributed by atoms with van der Waals surface area (Å²) in [6, 6.07) is 6.29. The van der Waals surface area contributed by atoms with E-state index >= 15 is 0 Å². The quantitative estimate of drug-likeness (QED) is 0.298. The van der Waals surface area contributed by atoms with Gasteiger partial charge in [-0.15, -0.1) is 0 Å². The van der Waals surface area contributed by atoms with Gasteiger partial charge < -0.3 is 15.4 Å². The summed E-state index contributed by atoms with van der Waals surface area (Å²) < 4.78 is 82.6. The lowest BCUT2D eigenvalue weighted by atomic mass is 10.0. The van der Waals surface area contributed by atoms with Crippen molar-refractivity contribution in [2.75, 3.05) is 0 Å². The van der Waals surface area contributed by atoms with Gasteiger partial charge in [-0.1, -0.05) is 12.1 Å². The smallest absolute Gasteiger partial charge is 0.416 e. The van der Waals surface area contributed by atoms with Crippen LogP contribution in [0, 0.1) is 0 Å². The zero-order chi connectivity index (χ0) is 23.7. The molecule has 1 atom stereocenters. The number of halogens is 6. The lowest BCUT2D eigenvalue weighted by Crippen LogP contribution is -2.30. The molecule has 0 radical (unpaired) electrons. The minimum Gasteiger partial charge on any atom is -0.426 e. The van der Waals surface area contributed by atoms with E-state index in [0.717, 1.165) is 0 Å². The predicted molar refractivity (Wildman–Crippen MR) is 104 cm³/mol. The summed E-state index contributed by atoms with van der Waals surface area (Å²) in [7, 11) is 0. The highest BCUT2D eigenvalue weighted by atomic mass is 32.1. The molecule has 1 unspecified atom stereocenters. The van der Waals surface area contributed by atoms with Crippen LogP contribution in [0.1, 0.15) is 22.3 Å². The van der Waals surface area contributed by atoms with Gasteiger partial charge in [0.05, 0.1) is 17.5 Å². The first-order chi connectivity index (χ1) is 14.8. The number of hydrogen-bond acceptors (Lipinski definition) is 4. The average molecular weight is 476 g/mol. The van der Waals surface area contributed by atoms with Crippen molar-refractivity contribution in [3.8, 4) is 5.75 Å². The third-order valence-corrected chi connectivity index (χ3v) is 4.67. The van der Waals surface area contributed by atoms with Crippen molar-refractivity contribution in [1.29, 1.82) is 0 Å². The van der Waals surface area contributed by atoms with Crippen LogP contribution < -0.4 is 15.4 Å². The maximum Gasteiger partial charge on any atom is 0.416 e. The molecule has 0 saturated carbocycles. The number of carbonyl (C=O) groups is 2. The largest absolute Gasteiger partial charge is 0.426 e. The van der Waals surface area contributed by atoms with E-state index in [9.17, 15) is 35.9 Å². The highest BCUT2D eigenvalue weighted by molar-refractivity contribution is 7.80. The molecule has 0 bridgehead atoms. The monoisotopic (exact) mass is 476 g/mol. The number of amides is 1. The molecule has 0 aromatic heterocycles. The Hall–Kier alpha value is -3.15. The number of nitrogens with one attached hydrogen (secondary N) is 2. The van der Waals surface area contributed by atoms with Crippen molar-refractivity contribution >= 4 is 29.2 Å². The first-order valence-electron chi connectivity index (χ1n) is 9.00. The minimum absolute atomic E-state index is 0.0142. The number of ether oxygens (including phenoxy) is 1. The van der Waals surface area contributed by atoms with Crippen LogP contribution in [0.4, 0.5) is 26.3 Å². The fraction of sp³-hybridized carbons (Fsp3) is 0.250. The van der Waals surface area contributed by atoms with Crippen LogP contribution >= 0.6 is 12.2 Å². The topological polar surface area (TPSA) is 67.4 Å². The lowest BCUT2D eigenvalue weighted by Gasteiger charge is -2.14. The van der Waals surface area contributed by atoms with Gasteiger partial charge in [0.25, 0.3) is 0 Å². The molecule has 170 valence electrons. The van der Waals surface area contributed by atoms with Crippen LogP contribution in [0.2, 0.25) is 0 Å². The third kappa shape index (κ3) is 5.96. The van der Waals surface area contributed by atoms with Crippen molar-refractivity contribution in [2.45, 2.75) is 31.2 Å². The second kappa shape index (κ2) is 8.77. The molecule has 32 heavy (non-hydrogen) atoms. The van der Waals surface area contributed by atoms with Crippen molar-refractivity contribution in [3.63, 3.8) is 0 Å². The van der Waals surface area contributed by atoms with Gasteiger partial charge in [-0.25, -0.2) is 0 Å². The Balaban J connectivity index is 1.68. The molecule has 12 heteroatoms. The second-order valence-electron chi connectivity index (χ2n) is 6.93. The molecule has 1 amide bonds. The normalized spacial score (nSPS) is 16.5. The van der Waals surface area contributed by atoms with Crippen LogP contribution in [-0.4, -0.2) is 23.0 Å². The highest BCUT2D eigenvalue weighted by Crippen LogP contribution is 2.36. The van der Waals surface area contributed by atoms with E-state index in [4.69, 9.17) is 17.0 Å². The van der Waals surface area contributed by atoms with Gasteiger partial charge >= 0.3 is 18.3 Å². The molecule has 2 aromatic rings. The maximum atomic E-state index is 12.9. The third-order valence-electron chi connectivity index (χ3n) is 4.45. The molecule has 1 fully saturated rings. The van der Waals surface area contributed by atoms with Crippen molar-refractivity contribution in [1.82, 2.24) is 10.6 Å².